The minimum atomic E-state index is -0.184. The second-order valence-electron chi connectivity index (χ2n) is 5.11. The number of amides is 1. The summed E-state index contributed by atoms with van der Waals surface area (Å²) in [4.78, 5) is 18.9. The van der Waals surface area contributed by atoms with Gasteiger partial charge in [-0.25, -0.2) is 4.98 Å². The van der Waals surface area contributed by atoms with Crippen molar-refractivity contribution in [1.29, 1.82) is 0 Å². The minimum Gasteiger partial charge on any atom is -0.382 e. The Balaban J connectivity index is 2.50. The summed E-state index contributed by atoms with van der Waals surface area (Å²) in [6, 6.07) is 0. The average molecular weight is 314 g/mol. The van der Waals surface area contributed by atoms with Gasteiger partial charge < -0.3 is 20.7 Å². The molecule has 0 aromatic carbocycles. The lowest BCUT2D eigenvalue weighted by molar-refractivity contribution is 0.0890. The van der Waals surface area contributed by atoms with Crippen molar-refractivity contribution in [1.82, 2.24) is 10.3 Å². The molecule has 1 aromatic rings. The first kappa shape index (κ1) is 17.7. The van der Waals surface area contributed by atoms with E-state index in [-0.39, 0.29) is 5.91 Å². The third-order valence-corrected chi connectivity index (χ3v) is 4.00. The number of aromatic nitrogens is 1. The molecule has 0 atom stereocenters. The predicted molar refractivity (Wildman–Crippen MR) is 88.1 cm³/mol. The van der Waals surface area contributed by atoms with Crippen LogP contribution < -0.4 is 16.0 Å². The number of anilines is 2. The Labute approximate surface area is 130 Å². The standard InChI is InChI=1S/C14H26N4O2S/c1-5-18(6-2)14-17-12(15)11(21-14)13(19)16-7-8-20-9-10(3)4/h10H,5-9,15H2,1-4H3,(H,16,19). The van der Waals surface area contributed by atoms with E-state index in [0.717, 1.165) is 18.2 Å². The number of rotatable bonds is 9. The maximum absolute atomic E-state index is 12.1. The molecule has 21 heavy (non-hydrogen) atoms. The Morgan fingerprint density at radius 1 is 1.43 bits per heavy atom. The fourth-order valence-electron chi connectivity index (χ4n) is 1.75. The molecule has 3 N–H and O–H groups in total. The van der Waals surface area contributed by atoms with Crippen molar-refractivity contribution in [3.63, 3.8) is 0 Å². The van der Waals surface area contributed by atoms with Crippen LogP contribution in [-0.2, 0) is 4.74 Å². The molecule has 0 aliphatic carbocycles. The van der Waals surface area contributed by atoms with Crippen molar-refractivity contribution < 1.29 is 9.53 Å². The number of nitrogens with zero attached hydrogens (tertiary/aromatic N) is 2. The quantitative estimate of drug-likeness (QED) is 0.681. The lowest BCUT2D eigenvalue weighted by Crippen LogP contribution is -2.27. The summed E-state index contributed by atoms with van der Waals surface area (Å²) in [6.07, 6.45) is 0. The molecule has 1 rings (SSSR count). The monoisotopic (exact) mass is 314 g/mol. The molecule has 7 heteroatoms. The van der Waals surface area contributed by atoms with Crippen LogP contribution in [0.5, 0.6) is 0 Å². The zero-order valence-electron chi connectivity index (χ0n) is 13.3. The molecule has 0 saturated carbocycles. The normalized spacial score (nSPS) is 10.9. The van der Waals surface area contributed by atoms with E-state index in [2.05, 4.69) is 29.0 Å². The topological polar surface area (TPSA) is 80.5 Å². The molecule has 0 saturated heterocycles. The molecule has 0 fully saturated rings. The van der Waals surface area contributed by atoms with Crippen LogP contribution in [0.15, 0.2) is 0 Å². The number of carbonyl (C=O) groups is 1. The smallest absolute Gasteiger partial charge is 0.265 e. The summed E-state index contributed by atoms with van der Waals surface area (Å²) >= 11 is 1.33. The van der Waals surface area contributed by atoms with Crippen molar-refractivity contribution in [3.8, 4) is 0 Å². The van der Waals surface area contributed by atoms with Crippen molar-refractivity contribution in [2.75, 3.05) is 43.5 Å². The summed E-state index contributed by atoms with van der Waals surface area (Å²) in [5.41, 5.74) is 5.84. The Kier molecular flexibility index (Phi) is 7.45. The Bertz CT molecular complexity index is 444. The second-order valence-corrected chi connectivity index (χ2v) is 6.09. The van der Waals surface area contributed by atoms with Gasteiger partial charge in [-0.3, -0.25) is 4.79 Å². The highest BCUT2D eigenvalue weighted by Crippen LogP contribution is 2.27. The van der Waals surface area contributed by atoms with Crippen LogP contribution in [0.3, 0.4) is 0 Å². The van der Waals surface area contributed by atoms with Gasteiger partial charge in [0.1, 0.15) is 10.7 Å². The van der Waals surface area contributed by atoms with Gasteiger partial charge in [0.25, 0.3) is 5.91 Å². The minimum absolute atomic E-state index is 0.184. The van der Waals surface area contributed by atoms with E-state index in [0.29, 0.717) is 36.4 Å². The van der Waals surface area contributed by atoms with Gasteiger partial charge in [-0.2, -0.15) is 0 Å². The summed E-state index contributed by atoms with van der Waals surface area (Å²) < 4.78 is 5.42. The molecule has 120 valence electrons. The van der Waals surface area contributed by atoms with Gasteiger partial charge in [0.2, 0.25) is 0 Å². The fourth-order valence-corrected chi connectivity index (χ4v) is 2.78. The molecule has 0 bridgehead atoms. The molecule has 6 nitrogen and oxygen atoms in total. The molecular weight excluding hydrogens is 288 g/mol. The number of carbonyl (C=O) groups excluding carboxylic acids is 1. The first-order valence-electron chi connectivity index (χ1n) is 7.36. The zero-order valence-corrected chi connectivity index (χ0v) is 14.1. The molecule has 1 heterocycles. The number of nitrogens with two attached hydrogens (primary N) is 1. The first-order chi connectivity index (χ1) is 9.99. The highest BCUT2D eigenvalue weighted by Gasteiger charge is 2.18. The van der Waals surface area contributed by atoms with E-state index >= 15 is 0 Å². The van der Waals surface area contributed by atoms with Crippen LogP contribution in [0.4, 0.5) is 10.9 Å². The van der Waals surface area contributed by atoms with E-state index in [1.165, 1.54) is 11.3 Å². The van der Waals surface area contributed by atoms with Crippen LogP contribution in [0.1, 0.15) is 37.4 Å². The van der Waals surface area contributed by atoms with Gasteiger partial charge in [-0.1, -0.05) is 25.2 Å². The molecule has 0 aliphatic rings. The van der Waals surface area contributed by atoms with E-state index in [1.54, 1.807) is 0 Å². The highest BCUT2D eigenvalue weighted by atomic mass is 32.1. The Hall–Kier alpha value is -1.34. The van der Waals surface area contributed by atoms with E-state index in [9.17, 15) is 4.79 Å². The third kappa shape index (κ3) is 5.51. The van der Waals surface area contributed by atoms with Gasteiger partial charge in [0.15, 0.2) is 5.13 Å². The highest BCUT2D eigenvalue weighted by molar-refractivity contribution is 7.18. The SMILES string of the molecule is CCN(CC)c1nc(N)c(C(=O)NCCOCC(C)C)s1. The lowest BCUT2D eigenvalue weighted by Gasteiger charge is -2.16. The lowest BCUT2D eigenvalue weighted by atomic mass is 10.2. The maximum Gasteiger partial charge on any atom is 0.265 e. The maximum atomic E-state index is 12.1. The van der Waals surface area contributed by atoms with Crippen molar-refractivity contribution in [2.24, 2.45) is 5.92 Å². The van der Waals surface area contributed by atoms with Gasteiger partial charge in [0, 0.05) is 26.2 Å². The Morgan fingerprint density at radius 3 is 2.67 bits per heavy atom. The fraction of sp³-hybridized carbons (Fsp3) is 0.714. The van der Waals surface area contributed by atoms with Gasteiger partial charge in [0.05, 0.1) is 6.61 Å². The number of hydrogen-bond acceptors (Lipinski definition) is 6. The van der Waals surface area contributed by atoms with E-state index in [4.69, 9.17) is 10.5 Å². The first-order valence-corrected chi connectivity index (χ1v) is 8.18. The Morgan fingerprint density at radius 2 is 2.10 bits per heavy atom. The summed E-state index contributed by atoms with van der Waals surface area (Å²) in [6.45, 7) is 11.6. The third-order valence-electron chi connectivity index (χ3n) is 2.87. The van der Waals surface area contributed by atoms with Crippen LogP contribution in [0.25, 0.3) is 0 Å². The second kappa shape index (κ2) is 8.84. The molecule has 0 aliphatic heterocycles. The van der Waals surface area contributed by atoms with Crippen molar-refractivity contribution in [3.05, 3.63) is 4.88 Å². The van der Waals surface area contributed by atoms with Crippen LogP contribution in [-0.4, -0.2) is 43.7 Å². The number of nitrogen functional groups attached to an aromatic ring is 1. The predicted octanol–water partition coefficient (Wildman–Crippen LogP) is 1.97. The molecule has 1 amide bonds. The van der Waals surface area contributed by atoms with E-state index in [1.807, 2.05) is 13.8 Å². The van der Waals surface area contributed by atoms with Crippen LogP contribution >= 0.6 is 11.3 Å². The van der Waals surface area contributed by atoms with Gasteiger partial charge in [-0.05, 0) is 19.8 Å². The molecule has 1 aromatic heterocycles. The number of hydrogen-bond donors (Lipinski definition) is 2. The summed E-state index contributed by atoms with van der Waals surface area (Å²) in [5, 5.41) is 3.60. The number of ether oxygens (including phenoxy) is 1. The largest absolute Gasteiger partial charge is 0.382 e. The summed E-state index contributed by atoms with van der Waals surface area (Å²) in [7, 11) is 0. The van der Waals surface area contributed by atoms with Gasteiger partial charge >= 0.3 is 0 Å². The molecule has 0 spiro atoms. The molecule has 0 radical (unpaired) electrons. The van der Waals surface area contributed by atoms with Crippen LogP contribution in [0, 0.1) is 5.92 Å². The average Bonchev–Trinajstić information content (AvgIpc) is 2.81. The van der Waals surface area contributed by atoms with Crippen LogP contribution in [0.2, 0.25) is 0 Å². The van der Waals surface area contributed by atoms with Crippen molar-refractivity contribution in [2.45, 2.75) is 27.7 Å². The van der Waals surface area contributed by atoms with E-state index < -0.39 is 0 Å². The summed E-state index contributed by atoms with van der Waals surface area (Å²) in [5.74, 6) is 0.605. The number of thiazole rings is 1. The molecular formula is C14H26N4O2S. The molecule has 0 unspecified atom stereocenters. The zero-order chi connectivity index (χ0) is 15.8. The van der Waals surface area contributed by atoms with Gasteiger partial charge in [-0.15, -0.1) is 0 Å². The number of nitrogens with one attached hydrogen (secondary N) is 1. The van der Waals surface area contributed by atoms with Crippen molar-refractivity contribution >= 4 is 28.2 Å².